The van der Waals surface area contributed by atoms with Crippen LogP contribution in [0.3, 0.4) is 0 Å². The Morgan fingerprint density at radius 2 is 1.92 bits per heavy atom. The molecule has 1 N–H and O–H groups in total. The minimum Gasteiger partial charge on any atom is -0.311 e. The molecule has 1 nitrogen and oxygen atoms in total. The van der Waals surface area contributed by atoms with E-state index in [1.165, 1.54) is 5.56 Å². The van der Waals surface area contributed by atoms with Gasteiger partial charge in [-0.2, -0.15) is 0 Å². The molecule has 0 aliphatic carbocycles. The molecule has 2 heteroatoms. The summed E-state index contributed by atoms with van der Waals surface area (Å²) in [7, 11) is 1.94. The first-order chi connectivity index (χ1) is 5.97. The number of aryl methyl sites for hydroxylation is 1. The van der Waals surface area contributed by atoms with Crippen LogP contribution in [-0.4, -0.2) is 7.05 Å². The predicted octanol–water partition coefficient (Wildman–Crippen LogP) is 3.10. The topological polar surface area (TPSA) is 12.0 Å². The highest BCUT2D eigenvalue weighted by atomic mass is 35.5. The van der Waals surface area contributed by atoms with Crippen molar-refractivity contribution < 1.29 is 0 Å². The molecular formula is C11H16ClN. The summed E-state index contributed by atoms with van der Waals surface area (Å²) in [5.74, 6) is 0. The van der Waals surface area contributed by atoms with Gasteiger partial charge in [0, 0.05) is 10.6 Å². The van der Waals surface area contributed by atoms with Crippen molar-refractivity contribution in [1.82, 2.24) is 5.32 Å². The first-order valence-electron chi connectivity index (χ1n) is 4.43. The average molecular weight is 198 g/mol. The summed E-state index contributed by atoms with van der Waals surface area (Å²) in [5.41, 5.74) is 2.27. The van der Waals surface area contributed by atoms with Crippen molar-refractivity contribution in [2.45, 2.75) is 26.3 Å². The van der Waals surface area contributed by atoms with Gasteiger partial charge in [-0.15, -0.1) is 0 Å². The number of hydrogen-bond donors (Lipinski definition) is 1. The quantitative estimate of drug-likeness (QED) is 0.769. The molecule has 0 radical (unpaired) electrons. The second-order valence-corrected chi connectivity index (χ2v) is 4.27. The number of nitrogens with one attached hydrogen (secondary N) is 1. The Bertz CT molecular complexity index is 305. The Morgan fingerprint density at radius 1 is 1.31 bits per heavy atom. The molecule has 0 aliphatic heterocycles. The van der Waals surface area contributed by atoms with E-state index in [2.05, 4.69) is 31.3 Å². The van der Waals surface area contributed by atoms with E-state index in [-0.39, 0.29) is 5.54 Å². The maximum atomic E-state index is 6.15. The van der Waals surface area contributed by atoms with E-state index < -0.39 is 0 Å². The van der Waals surface area contributed by atoms with E-state index in [0.29, 0.717) is 0 Å². The lowest BCUT2D eigenvalue weighted by molar-refractivity contribution is 0.445. The Labute approximate surface area is 85.1 Å². The highest BCUT2D eigenvalue weighted by molar-refractivity contribution is 6.31. The molecule has 0 aromatic heterocycles. The lowest BCUT2D eigenvalue weighted by atomic mass is 9.94. The SMILES string of the molecule is CNC(C)(C)c1ccc(C)cc1Cl. The lowest BCUT2D eigenvalue weighted by Gasteiger charge is -2.25. The third-order valence-electron chi connectivity index (χ3n) is 2.42. The smallest absolute Gasteiger partial charge is 0.0459 e. The number of rotatable bonds is 2. The second-order valence-electron chi connectivity index (χ2n) is 3.86. The highest BCUT2D eigenvalue weighted by Crippen LogP contribution is 2.27. The predicted molar refractivity (Wildman–Crippen MR) is 58.3 cm³/mol. The second kappa shape index (κ2) is 3.69. The minimum atomic E-state index is -0.0647. The molecule has 1 aromatic rings. The van der Waals surface area contributed by atoms with Crippen molar-refractivity contribution in [2.24, 2.45) is 0 Å². The van der Waals surface area contributed by atoms with Crippen molar-refractivity contribution in [1.29, 1.82) is 0 Å². The molecule has 0 fully saturated rings. The first kappa shape index (κ1) is 10.6. The third-order valence-corrected chi connectivity index (χ3v) is 2.74. The summed E-state index contributed by atoms with van der Waals surface area (Å²) in [5, 5.41) is 4.07. The van der Waals surface area contributed by atoms with E-state index >= 15 is 0 Å². The summed E-state index contributed by atoms with van der Waals surface area (Å²) in [6.07, 6.45) is 0. The van der Waals surface area contributed by atoms with Crippen LogP contribution in [0.5, 0.6) is 0 Å². The fraction of sp³-hybridized carbons (Fsp3) is 0.455. The van der Waals surface area contributed by atoms with E-state index in [0.717, 1.165) is 10.6 Å². The van der Waals surface area contributed by atoms with Crippen LogP contribution in [0.1, 0.15) is 25.0 Å². The van der Waals surface area contributed by atoms with Crippen LogP contribution in [0.2, 0.25) is 5.02 Å². The summed E-state index contributed by atoms with van der Waals surface area (Å²) in [4.78, 5) is 0. The van der Waals surface area contributed by atoms with Crippen LogP contribution in [0, 0.1) is 6.92 Å². The molecule has 0 bridgehead atoms. The van der Waals surface area contributed by atoms with Gasteiger partial charge in [-0.25, -0.2) is 0 Å². The molecule has 1 rings (SSSR count). The van der Waals surface area contributed by atoms with Crippen molar-refractivity contribution in [3.8, 4) is 0 Å². The Balaban J connectivity index is 3.16. The fourth-order valence-corrected chi connectivity index (χ4v) is 1.73. The van der Waals surface area contributed by atoms with Gasteiger partial charge in [0.2, 0.25) is 0 Å². The number of hydrogen-bond acceptors (Lipinski definition) is 1. The number of halogens is 1. The van der Waals surface area contributed by atoms with Crippen LogP contribution in [0.4, 0.5) is 0 Å². The molecule has 1 aromatic carbocycles. The zero-order valence-electron chi connectivity index (χ0n) is 8.61. The van der Waals surface area contributed by atoms with Gasteiger partial charge < -0.3 is 5.32 Å². The van der Waals surface area contributed by atoms with Crippen LogP contribution < -0.4 is 5.32 Å². The van der Waals surface area contributed by atoms with Crippen molar-refractivity contribution >= 4 is 11.6 Å². The molecule has 13 heavy (non-hydrogen) atoms. The van der Waals surface area contributed by atoms with Crippen molar-refractivity contribution in [3.63, 3.8) is 0 Å². The highest BCUT2D eigenvalue weighted by Gasteiger charge is 2.20. The molecule has 0 saturated heterocycles. The largest absolute Gasteiger partial charge is 0.311 e. The zero-order valence-corrected chi connectivity index (χ0v) is 9.37. The van der Waals surface area contributed by atoms with Crippen LogP contribution >= 0.6 is 11.6 Å². The Hall–Kier alpha value is -0.530. The van der Waals surface area contributed by atoms with E-state index in [4.69, 9.17) is 11.6 Å². The molecule has 0 amide bonds. The Kier molecular flexibility index (Phi) is 2.99. The standard InChI is InChI=1S/C11H16ClN/c1-8-5-6-9(10(12)7-8)11(2,3)13-4/h5-7,13H,1-4H3. The maximum Gasteiger partial charge on any atom is 0.0459 e. The molecule has 0 spiro atoms. The van der Waals surface area contributed by atoms with E-state index in [9.17, 15) is 0 Å². The molecular weight excluding hydrogens is 182 g/mol. The molecule has 0 aliphatic rings. The van der Waals surface area contributed by atoms with Gasteiger partial charge in [-0.1, -0.05) is 23.7 Å². The van der Waals surface area contributed by atoms with Gasteiger partial charge in [0.15, 0.2) is 0 Å². The van der Waals surface area contributed by atoms with Gasteiger partial charge in [0.05, 0.1) is 0 Å². The number of benzene rings is 1. The van der Waals surface area contributed by atoms with Gasteiger partial charge in [-0.05, 0) is 45.0 Å². The van der Waals surface area contributed by atoms with Gasteiger partial charge in [0.25, 0.3) is 0 Å². The van der Waals surface area contributed by atoms with Crippen molar-refractivity contribution in [2.75, 3.05) is 7.05 Å². The van der Waals surface area contributed by atoms with Crippen LogP contribution in [-0.2, 0) is 5.54 Å². The monoisotopic (exact) mass is 197 g/mol. The fourth-order valence-electron chi connectivity index (χ4n) is 1.26. The minimum absolute atomic E-state index is 0.0647. The maximum absolute atomic E-state index is 6.15. The lowest BCUT2D eigenvalue weighted by Crippen LogP contribution is -2.33. The summed E-state index contributed by atoms with van der Waals surface area (Å²) in [6, 6.07) is 6.16. The molecule has 72 valence electrons. The van der Waals surface area contributed by atoms with Gasteiger partial charge >= 0.3 is 0 Å². The van der Waals surface area contributed by atoms with Gasteiger partial charge in [-0.3, -0.25) is 0 Å². The van der Waals surface area contributed by atoms with Gasteiger partial charge in [0.1, 0.15) is 0 Å². The normalized spacial score (nSPS) is 11.8. The molecule has 0 saturated carbocycles. The third kappa shape index (κ3) is 2.23. The zero-order chi connectivity index (χ0) is 10.1. The van der Waals surface area contributed by atoms with Crippen molar-refractivity contribution in [3.05, 3.63) is 34.3 Å². The summed E-state index contributed by atoms with van der Waals surface area (Å²) < 4.78 is 0. The van der Waals surface area contributed by atoms with E-state index in [1.54, 1.807) is 0 Å². The van der Waals surface area contributed by atoms with Crippen LogP contribution in [0.25, 0.3) is 0 Å². The first-order valence-corrected chi connectivity index (χ1v) is 4.80. The average Bonchev–Trinajstić information content (AvgIpc) is 2.03. The summed E-state index contributed by atoms with van der Waals surface area (Å²) in [6.45, 7) is 6.27. The molecule has 0 atom stereocenters. The Morgan fingerprint density at radius 3 is 2.38 bits per heavy atom. The molecule has 0 unspecified atom stereocenters. The van der Waals surface area contributed by atoms with E-state index in [1.807, 2.05) is 20.0 Å². The summed E-state index contributed by atoms with van der Waals surface area (Å²) >= 11 is 6.15. The molecule has 0 heterocycles. The van der Waals surface area contributed by atoms with Crippen LogP contribution in [0.15, 0.2) is 18.2 Å².